The normalized spacial score (nSPS) is 22.0. The minimum absolute atomic E-state index is 0.0202. The van der Waals surface area contributed by atoms with Crippen molar-refractivity contribution < 1.29 is 19.3 Å². The molecule has 0 aliphatic carbocycles. The van der Waals surface area contributed by atoms with E-state index in [-0.39, 0.29) is 11.3 Å². The van der Waals surface area contributed by atoms with E-state index in [1.807, 2.05) is 0 Å². The lowest BCUT2D eigenvalue weighted by Gasteiger charge is -2.08. The van der Waals surface area contributed by atoms with E-state index in [0.29, 0.717) is 26.3 Å². The first-order valence-corrected chi connectivity index (χ1v) is 5.61. The summed E-state index contributed by atoms with van der Waals surface area (Å²) in [6.07, 6.45) is 0. The first-order chi connectivity index (χ1) is 6.21. The summed E-state index contributed by atoms with van der Waals surface area (Å²) in [5, 5.41) is 0. The lowest BCUT2D eigenvalue weighted by molar-refractivity contribution is 0.330. The smallest absolute Gasteiger partial charge is 0.446 e. The predicted octanol–water partition coefficient (Wildman–Crippen LogP) is -0.409. The van der Waals surface area contributed by atoms with Gasteiger partial charge in [-0.15, -0.1) is 0 Å². The highest BCUT2D eigenvalue weighted by atomic mass is 31.2. The van der Waals surface area contributed by atoms with Crippen molar-refractivity contribution in [3.05, 3.63) is 0 Å². The minimum atomic E-state index is -3.48. The van der Waals surface area contributed by atoms with Crippen LogP contribution in [0.25, 0.3) is 0 Å². The fourth-order valence-corrected chi connectivity index (χ4v) is 2.41. The van der Waals surface area contributed by atoms with Gasteiger partial charge in [0.05, 0.1) is 13.1 Å². The van der Waals surface area contributed by atoms with Crippen molar-refractivity contribution in [2.24, 2.45) is 9.98 Å². The molecule has 2 rings (SSSR count). The minimum Gasteiger partial charge on any atom is -0.446 e. The van der Waals surface area contributed by atoms with Crippen LogP contribution in [0.15, 0.2) is 9.98 Å². The lowest BCUT2D eigenvalue weighted by atomic mass is 10.8. The Hall–Kier alpha value is -0.710. The van der Waals surface area contributed by atoms with E-state index in [4.69, 9.17) is 9.47 Å². The Morgan fingerprint density at radius 3 is 1.77 bits per heavy atom. The van der Waals surface area contributed by atoms with Crippen LogP contribution < -0.4 is 0 Å². The van der Waals surface area contributed by atoms with Gasteiger partial charge in [0.2, 0.25) is 0 Å². The van der Waals surface area contributed by atoms with Crippen molar-refractivity contribution in [3.8, 4) is 0 Å². The van der Waals surface area contributed by atoms with Crippen molar-refractivity contribution in [2.45, 2.75) is 0 Å². The SMILES string of the molecule is O[P+](O)(C1=NCCO1)C1=NCCO1. The van der Waals surface area contributed by atoms with Crippen LogP contribution in [0.4, 0.5) is 0 Å². The van der Waals surface area contributed by atoms with Crippen LogP contribution in [0.5, 0.6) is 0 Å². The second-order valence-corrected chi connectivity index (χ2v) is 4.59. The Morgan fingerprint density at radius 1 is 1.00 bits per heavy atom. The molecule has 2 aliphatic rings. The molecule has 0 bridgehead atoms. The Bertz CT molecular complexity index is 250. The Balaban J connectivity index is 2.18. The Labute approximate surface area is 75.4 Å². The molecule has 0 aromatic heterocycles. The number of nitrogens with zero attached hydrogens (tertiary/aromatic N) is 2. The largest absolute Gasteiger partial charge is 0.453 e. The third kappa shape index (κ3) is 1.52. The van der Waals surface area contributed by atoms with Crippen molar-refractivity contribution in [1.29, 1.82) is 0 Å². The third-order valence-electron chi connectivity index (χ3n) is 1.67. The summed E-state index contributed by atoms with van der Waals surface area (Å²) in [6, 6.07) is 0. The van der Waals surface area contributed by atoms with E-state index in [9.17, 15) is 9.79 Å². The van der Waals surface area contributed by atoms with Gasteiger partial charge in [-0.1, -0.05) is 0 Å². The lowest BCUT2D eigenvalue weighted by Crippen LogP contribution is -2.15. The van der Waals surface area contributed by atoms with Gasteiger partial charge in [0.15, 0.2) is 0 Å². The van der Waals surface area contributed by atoms with Crippen LogP contribution in [0.2, 0.25) is 0 Å². The molecule has 2 aliphatic heterocycles. The molecule has 0 aromatic rings. The van der Waals surface area contributed by atoms with Crippen LogP contribution in [-0.2, 0) is 9.47 Å². The molecule has 0 saturated carbocycles. The highest BCUT2D eigenvalue weighted by Gasteiger charge is 2.55. The van der Waals surface area contributed by atoms with Crippen molar-refractivity contribution in [3.63, 3.8) is 0 Å². The highest BCUT2D eigenvalue weighted by molar-refractivity contribution is 7.95. The predicted molar refractivity (Wildman–Crippen MR) is 47.9 cm³/mol. The van der Waals surface area contributed by atoms with Crippen molar-refractivity contribution >= 4 is 19.0 Å². The molecule has 0 aromatic carbocycles. The Morgan fingerprint density at radius 2 is 1.46 bits per heavy atom. The first kappa shape index (κ1) is 8.87. The van der Waals surface area contributed by atoms with Crippen LogP contribution in [0.3, 0.4) is 0 Å². The molecular formula is C6H10N2O4P+. The molecule has 6 nitrogen and oxygen atoms in total. The quantitative estimate of drug-likeness (QED) is 0.600. The van der Waals surface area contributed by atoms with E-state index in [2.05, 4.69) is 9.98 Å². The molecule has 0 amide bonds. The number of ether oxygens (including phenoxy) is 2. The summed E-state index contributed by atoms with van der Waals surface area (Å²) in [4.78, 5) is 27.0. The Kier molecular flexibility index (Phi) is 2.19. The standard InChI is InChI=1S/C6H10N2O4P/c9-13(10,5-7-1-3-11-5)6-8-2-4-12-6/h9-10H,1-4H2/q+1. The molecule has 7 heteroatoms. The van der Waals surface area contributed by atoms with Gasteiger partial charge in [0.25, 0.3) is 0 Å². The molecule has 0 fully saturated rings. The maximum Gasteiger partial charge on any atom is 0.453 e. The first-order valence-electron chi connectivity index (χ1n) is 3.91. The summed E-state index contributed by atoms with van der Waals surface area (Å²) in [5.41, 5.74) is -0.0405. The summed E-state index contributed by atoms with van der Waals surface area (Å²) in [6.45, 7) is 1.72. The van der Waals surface area contributed by atoms with Gasteiger partial charge in [-0.05, 0) is 0 Å². The van der Waals surface area contributed by atoms with E-state index in [1.54, 1.807) is 0 Å². The number of aliphatic imine (C=N–C) groups is 2. The fraction of sp³-hybridized carbons (Fsp3) is 0.667. The average Bonchev–Trinajstić information content (AvgIpc) is 2.78. The number of rotatable bonds is 2. The molecule has 13 heavy (non-hydrogen) atoms. The van der Waals surface area contributed by atoms with E-state index in [0.717, 1.165) is 0 Å². The molecule has 0 unspecified atom stereocenters. The highest BCUT2D eigenvalue weighted by Crippen LogP contribution is 2.55. The van der Waals surface area contributed by atoms with Crippen LogP contribution >= 0.6 is 7.72 Å². The fourth-order valence-electron chi connectivity index (χ4n) is 1.11. The van der Waals surface area contributed by atoms with Gasteiger partial charge < -0.3 is 9.47 Å². The zero-order valence-electron chi connectivity index (χ0n) is 6.88. The van der Waals surface area contributed by atoms with Gasteiger partial charge in [-0.3, -0.25) is 0 Å². The molecule has 2 heterocycles. The van der Waals surface area contributed by atoms with E-state index < -0.39 is 7.72 Å². The third-order valence-corrected chi connectivity index (χ3v) is 3.28. The maximum absolute atomic E-state index is 9.67. The van der Waals surface area contributed by atoms with Gasteiger partial charge in [-0.25, -0.2) is 19.8 Å². The molecule has 0 spiro atoms. The average molecular weight is 205 g/mol. The summed E-state index contributed by atoms with van der Waals surface area (Å²) in [7, 11) is -3.48. The number of hydrogen-bond acceptors (Lipinski definition) is 6. The zero-order chi connectivity index (χ0) is 9.31. The molecule has 0 saturated heterocycles. The maximum atomic E-state index is 9.67. The summed E-state index contributed by atoms with van der Waals surface area (Å²) in [5.74, 6) is 0. The molecule has 2 N–H and O–H groups in total. The molecule has 72 valence electrons. The van der Waals surface area contributed by atoms with Crippen LogP contribution in [-0.4, -0.2) is 47.4 Å². The monoisotopic (exact) mass is 205 g/mol. The van der Waals surface area contributed by atoms with Gasteiger partial charge in [0.1, 0.15) is 13.2 Å². The summed E-state index contributed by atoms with van der Waals surface area (Å²) >= 11 is 0. The van der Waals surface area contributed by atoms with Gasteiger partial charge >= 0.3 is 19.0 Å². The summed E-state index contributed by atoms with van der Waals surface area (Å²) < 4.78 is 9.94. The molecule has 0 radical (unpaired) electrons. The second kappa shape index (κ2) is 3.21. The van der Waals surface area contributed by atoms with Crippen molar-refractivity contribution in [1.82, 2.24) is 0 Å². The van der Waals surface area contributed by atoms with Crippen LogP contribution in [0, 0.1) is 0 Å². The molecular weight excluding hydrogens is 195 g/mol. The van der Waals surface area contributed by atoms with Crippen molar-refractivity contribution in [2.75, 3.05) is 26.3 Å². The van der Waals surface area contributed by atoms with Gasteiger partial charge in [-0.2, -0.15) is 0 Å². The second-order valence-electron chi connectivity index (χ2n) is 2.63. The van der Waals surface area contributed by atoms with Crippen LogP contribution in [0.1, 0.15) is 0 Å². The van der Waals surface area contributed by atoms with E-state index >= 15 is 0 Å². The van der Waals surface area contributed by atoms with E-state index in [1.165, 1.54) is 0 Å². The van der Waals surface area contributed by atoms with Gasteiger partial charge in [0, 0.05) is 0 Å². The topological polar surface area (TPSA) is 83.6 Å². The zero-order valence-corrected chi connectivity index (χ0v) is 7.78. The molecule has 0 atom stereocenters. The number of hydrogen-bond donors (Lipinski definition) is 2.